The van der Waals surface area contributed by atoms with Crippen LogP contribution in [0.3, 0.4) is 0 Å². The number of hydrogen-bond donors (Lipinski definition) is 0. The average Bonchev–Trinajstić information content (AvgIpc) is 2.11. The average molecular weight is 202 g/mol. The molecule has 0 aliphatic carbocycles. The molecular weight excluding hydrogens is 192 g/mol. The van der Waals surface area contributed by atoms with Crippen LogP contribution in [0.4, 0.5) is 0 Å². The number of nitrogens with zero attached hydrogens (tertiary/aromatic N) is 2. The Morgan fingerprint density at radius 1 is 1.60 bits per heavy atom. The topological polar surface area (TPSA) is 17.8 Å². The van der Waals surface area contributed by atoms with Crippen LogP contribution >= 0.6 is 15.9 Å². The van der Waals surface area contributed by atoms with E-state index >= 15 is 0 Å². The minimum absolute atomic E-state index is 0.0338. The van der Waals surface area contributed by atoms with Crippen LogP contribution < -0.4 is 0 Å². The summed E-state index contributed by atoms with van der Waals surface area (Å²) in [6.07, 6.45) is 3.00. The molecular formula is C7H10BrN2. The van der Waals surface area contributed by atoms with Crippen molar-refractivity contribution < 1.29 is 0 Å². The molecule has 0 fully saturated rings. The van der Waals surface area contributed by atoms with Crippen LogP contribution in [-0.4, -0.2) is 9.78 Å². The van der Waals surface area contributed by atoms with E-state index in [0.29, 0.717) is 0 Å². The highest BCUT2D eigenvalue weighted by molar-refractivity contribution is 9.10. The van der Waals surface area contributed by atoms with Crippen molar-refractivity contribution in [2.24, 2.45) is 0 Å². The third-order valence-corrected chi connectivity index (χ3v) is 1.52. The van der Waals surface area contributed by atoms with Crippen molar-refractivity contribution in [2.75, 3.05) is 0 Å². The Hall–Kier alpha value is -0.310. The normalized spacial score (nSPS) is 12.0. The lowest BCUT2D eigenvalue weighted by Gasteiger charge is -2.17. The van der Waals surface area contributed by atoms with E-state index in [1.54, 1.807) is 4.68 Å². The second-order valence-electron chi connectivity index (χ2n) is 3.18. The van der Waals surface area contributed by atoms with E-state index in [2.05, 4.69) is 48.0 Å². The van der Waals surface area contributed by atoms with Crippen LogP contribution in [0.25, 0.3) is 0 Å². The summed E-state index contributed by atoms with van der Waals surface area (Å²) in [5.41, 5.74) is 0.0338. The van der Waals surface area contributed by atoms with Gasteiger partial charge in [-0.2, -0.15) is 5.10 Å². The van der Waals surface area contributed by atoms with Gasteiger partial charge in [-0.1, -0.05) is 0 Å². The summed E-state index contributed by atoms with van der Waals surface area (Å²) in [5.74, 6) is 0. The highest BCUT2D eigenvalue weighted by atomic mass is 79.9. The van der Waals surface area contributed by atoms with E-state index in [0.717, 1.165) is 4.60 Å². The summed E-state index contributed by atoms with van der Waals surface area (Å²) in [7, 11) is 0. The maximum absolute atomic E-state index is 4.16. The molecule has 1 rings (SSSR count). The first-order valence-corrected chi connectivity index (χ1v) is 3.93. The zero-order valence-electron chi connectivity index (χ0n) is 6.35. The van der Waals surface area contributed by atoms with Crippen molar-refractivity contribution in [3.05, 3.63) is 16.9 Å². The third kappa shape index (κ3) is 1.59. The molecule has 3 heteroatoms. The smallest absolute Gasteiger partial charge is 0.128 e. The molecule has 1 aromatic heterocycles. The van der Waals surface area contributed by atoms with Crippen LogP contribution in [0.15, 0.2) is 10.7 Å². The number of hydrogen-bond acceptors (Lipinski definition) is 1. The summed E-state index contributed by atoms with van der Waals surface area (Å²) in [6, 6.07) is 1.81. The van der Waals surface area contributed by atoms with E-state index in [1.165, 1.54) is 0 Å². The van der Waals surface area contributed by atoms with E-state index in [9.17, 15) is 0 Å². The van der Waals surface area contributed by atoms with Gasteiger partial charge in [0.25, 0.3) is 0 Å². The fourth-order valence-corrected chi connectivity index (χ4v) is 0.872. The van der Waals surface area contributed by atoms with Crippen molar-refractivity contribution >= 4 is 15.9 Å². The van der Waals surface area contributed by atoms with Gasteiger partial charge in [0.1, 0.15) is 4.60 Å². The molecule has 1 radical (unpaired) electrons. The Balaban J connectivity index is 2.96. The van der Waals surface area contributed by atoms with Crippen molar-refractivity contribution in [1.82, 2.24) is 9.78 Å². The van der Waals surface area contributed by atoms with Gasteiger partial charge in [-0.15, -0.1) is 0 Å². The summed E-state index contributed by atoms with van der Waals surface area (Å²) in [5, 5.41) is 4.16. The largest absolute Gasteiger partial charge is 0.257 e. The van der Waals surface area contributed by atoms with Gasteiger partial charge in [0.05, 0.1) is 11.7 Å². The van der Waals surface area contributed by atoms with Crippen molar-refractivity contribution in [3.63, 3.8) is 0 Å². The second kappa shape index (κ2) is 2.38. The van der Waals surface area contributed by atoms with Gasteiger partial charge >= 0.3 is 0 Å². The van der Waals surface area contributed by atoms with Gasteiger partial charge in [-0.25, -0.2) is 0 Å². The number of rotatable bonds is 0. The molecule has 0 bridgehead atoms. The van der Waals surface area contributed by atoms with E-state index in [4.69, 9.17) is 0 Å². The molecule has 0 saturated heterocycles. The molecule has 1 heterocycles. The molecule has 0 N–H and O–H groups in total. The number of aromatic nitrogens is 2. The van der Waals surface area contributed by atoms with Crippen LogP contribution in [0.1, 0.15) is 20.8 Å². The molecule has 2 nitrogen and oxygen atoms in total. The van der Waals surface area contributed by atoms with Crippen LogP contribution in [-0.2, 0) is 5.54 Å². The van der Waals surface area contributed by atoms with Crippen LogP contribution in [0, 0.1) is 6.20 Å². The lowest BCUT2D eigenvalue weighted by Crippen LogP contribution is -2.22. The fourth-order valence-electron chi connectivity index (χ4n) is 0.611. The summed E-state index contributed by atoms with van der Waals surface area (Å²) < 4.78 is 2.64. The summed E-state index contributed by atoms with van der Waals surface area (Å²) >= 11 is 3.26. The summed E-state index contributed by atoms with van der Waals surface area (Å²) in [6.45, 7) is 6.26. The van der Waals surface area contributed by atoms with E-state index < -0.39 is 0 Å². The minimum atomic E-state index is 0.0338. The second-order valence-corrected chi connectivity index (χ2v) is 3.99. The Kier molecular flexibility index (Phi) is 1.86. The SMILES string of the molecule is CC(C)(C)n1[c]cc(Br)n1. The summed E-state index contributed by atoms with van der Waals surface area (Å²) in [4.78, 5) is 0. The zero-order chi connectivity index (χ0) is 7.78. The molecule has 0 aromatic carbocycles. The van der Waals surface area contributed by atoms with Gasteiger partial charge < -0.3 is 0 Å². The van der Waals surface area contributed by atoms with Crippen molar-refractivity contribution in [3.8, 4) is 0 Å². The quantitative estimate of drug-likeness (QED) is 0.630. The first kappa shape index (κ1) is 7.79. The van der Waals surface area contributed by atoms with Crippen molar-refractivity contribution in [1.29, 1.82) is 0 Å². The predicted octanol–water partition coefficient (Wildman–Crippen LogP) is 2.20. The fraction of sp³-hybridized carbons (Fsp3) is 0.571. The van der Waals surface area contributed by atoms with E-state index in [-0.39, 0.29) is 5.54 Å². The van der Waals surface area contributed by atoms with Crippen molar-refractivity contribution in [2.45, 2.75) is 26.3 Å². The van der Waals surface area contributed by atoms with Gasteiger partial charge in [0.15, 0.2) is 0 Å². The van der Waals surface area contributed by atoms with Gasteiger partial charge in [0, 0.05) is 6.07 Å². The minimum Gasteiger partial charge on any atom is -0.257 e. The van der Waals surface area contributed by atoms with E-state index in [1.807, 2.05) is 6.07 Å². The monoisotopic (exact) mass is 201 g/mol. The van der Waals surface area contributed by atoms with Crippen LogP contribution in [0.2, 0.25) is 0 Å². The standard InChI is InChI=1S/C7H10BrN2/c1-7(2,3)10-5-4-6(8)9-10/h4H,1-3H3. The molecule has 0 spiro atoms. The first-order valence-electron chi connectivity index (χ1n) is 3.14. The molecule has 0 amide bonds. The Labute approximate surface area is 69.4 Å². The highest BCUT2D eigenvalue weighted by Crippen LogP contribution is 2.14. The van der Waals surface area contributed by atoms with Gasteiger partial charge in [0.2, 0.25) is 0 Å². The van der Waals surface area contributed by atoms with Gasteiger partial charge in [-0.3, -0.25) is 4.68 Å². The Bertz CT molecular complexity index is 222. The van der Waals surface area contributed by atoms with Gasteiger partial charge in [-0.05, 0) is 36.7 Å². The molecule has 55 valence electrons. The maximum Gasteiger partial charge on any atom is 0.128 e. The Morgan fingerprint density at radius 2 is 2.20 bits per heavy atom. The first-order chi connectivity index (χ1) is 4.50. The molecule has 10 heavy (non-hydrogen) atoms. The predicted molar refractivity (Wildman–Crippen MR) is 43.8 cm³/mol. The van der Waals surface area contributed by atoms with Crippen LogP contribution in [0.5, 0.6) is 0 Å². The highest BCUT2D eigenvalue weighted by Gasteiger charge is 2.13. The lowest BCUT2D eigenvalue weighted by molar-refractivity contribution is 0.352. The molecule has 0 aliphatic rings. The maximum atomic E-state index is 4.16. The molecule has 0 aliphatic heterocycles. The molecule has 0 atom stereocenters. The number of halogens is 1. The molecule has 0 saturated carbocycles. The zero-order valence-corrected chi connectivity index (χ0v) is 7.94. The molecule has 1 aromatic rings. The lowest BCUT2D eigenvalue weighted by atomic mass is 10.1. The molecule has 0 unspecified atom stereocenters. The Morgan fingerprint density at radius 3 is 2.40 bits per heavy atom. The third-order valence-electron chi connectivity index (χ3n) is 1.14.